The standard InChI is InChI=1S/C59H39N2OP/c1-2-56-60-52-29-16-30-55-57(52)61(56)53-36-38(32-34-54(53)63(55,62)39-17-4-3-5-18-39)37-31-33-43-42-21-8-11-24-46(42)59(51(43)35-37)49-27-14-12-25-47(49)58(48-26-13-15-28-50(48)59)44-22-9-6-19-40(44)41-20-7-10-23-45(41)58/h3-36H,2H2,1H3. The molecule has 3 aliphatic carbocycles. The highest BCUT2D eigenvalue weighted by molar-refractivity contribution is 7.86. The minimum Gasteiger partial charge on any atom is -0.308 e. The van der Waals surface area contributed by atoms with Gasteiger partial charge in [-0.2, -0.15) is 0 Å². The first kappa shape index (κ1) is 35.3. The monoisotopic (exact) mass is 822 g/mol. The van der Waals surface area contributed by atoms with Crippen LogP contribution in [0.1, 0.15) is 57.3 Å². The first-order valence-corrected chi connectivity index (χ1v) is 23.8. The molecule has 2 spiro atoms. The molecule has 0 amide bonds. The SMILES string of the molecule is CCc1nc2cccc3c2n1-c1cc(-c2ccc4c(c2)C2(c5ccccc5-4)c4ccccc4C4(c5ccccc5-c5ccccc54)c4ccccc42)ccc1P3(=O)c1ccccc1. The largest absolute Gasteiger partial charge is 0.308 e. The van der Waals surface area contributed by atoms with E-state index >= 15 is 4.57 Å². The smallest absolute Gasteiger partial charge is 0.175 e. The maximum Gasteiger partial charge on any atom is 0.175 e. The number of imidazole rings is 1. The summed E-state index contributed by atoms with van der Waals surface area (Å²) in [5, 5.41) is 2.55. The van der Waals surface area contributed by atoms with Crippen molar-refractivity contribution in [1.29, 1.82) is 0 Å². The van der Waals surface area contributed by atoms with Crippen molar-refractivity contribution in [3.63, 3.8) is 0 Å². The number of hydrogen-bond acceptors (Lipinski definition) is 2. The highest BCUT2D eigenvalue weighted by atomic mass is 31.2. The van der Waals surface area contributed by atoms with Crippen molar-refractivity contribution < 1.29 is 4.57 Å². The molecule has 0 fully saturated rings. The van der Waals surface area contributed by atoms with Crippen LogP contribution in [0.2, 0.25) is 0 Å². The summed E-state index contributed by atoms with van der Waals surface area (Å²) in [6.45, 7) is 2.16. The molecule has 0 N–H and O–H groups in total. The van der Waals surface area contributed by atoms with Gasteiger partial charge in [0.1, 0.15) is 5.82 Å². The van der Waals surface area contributed by atoms with Crippen LogP contribution in [0.15, 0.2) is 206 Å². The van der Waals surface area contributed by atoms with E-state index in [1.165, 1.54) is 66.8 Å². The zero-order valence-corrected chi connectivity index (χ0v) is 35.5. The molecule has 0 bridgehead atoms. The zero-order valence-electron chi connectivity index (χ0n) is 34.6. The van der Waals surface area contributed by atoms with Gasteiger partial charge in [0.25, 0.3) is 0 Å². The van der Waals surface area contributed by atoms with Crippen LogP contribution in [0.4, 0.5) is 0 Å². The number of aromatic nitrogens is 2. The molecule has 63 heavy (non-hydrogen) atoms. The molecule has 1 atom stereocenters. The van der Waals surface area contributed by atoms with Crippen LogP contribution in [0.5, 0.6) is 0 Å². The molecular formula is C59H39N2OP. The van der Waals surface area contributed by atoms with E-state index < -0.39 is 18.0 Å². The summed E-state index contributed by atoms with van der Waals surface area (Å²) in [6, 6.07) is 75.6. The lowest BCUT2D eigenvalue weighted by Gasteiger charge is -2.48. The van der Waals surface area contributed by atoms with Crippen molar-refractivity contribution in [1.82, 2.24) is 9.55 Å². The fraction of sp³-hybridized carbons (Fsp3) is 0.0678. The zero-order chi connectivity index (χ0) is 41.7. The highest BCUT2D eigenvalue weighted by Gasteiger charge is 2.59. The van der Waals surface area contributed by atoms with Gasteiger partial charge in [0.05, 0.1) is 27.6 Å². The number of aryl methyl sites for hydroxylation is 1. The number of para-hydroxylation sites is 1. The molecule has 3 nitrogen and oxygen atoms in total. The third-order valence-electron chi connectivity index (χ3n) is 14.9. The molecule has 1 aromatic heterocycles. The van der Waals surface area contributed by atoms with Gasteiger partial charge in [-0.25, -0.2) is 4.98 Å². The van der Waals surface area contributed by atoms with Gasteiger partial charge in [0.15, 0.2) is 7.14 Å². The molecule has 2 heterocycles. The molecular weight excluding hydrogens is 784 g/mol. The average molecular weight is 823 g/mol. The number of fused-ring (bicyclic) bond motifs is 18. The minimum absolute atomic E-state index is 0.491. The van der Waals surface area contributed by atoms with Gasteiger partial charge in [-0.05, 0) is 108 Å². The quantitative estimate of drug-likeness (QED) is 0.166. The van der Waals surface area contributed by atoms with E-state index in [0.29, 0.717) is 0 Å². The molecule has 1 aliphatic heterocycles. The molecule has 10 aromatic rings. The third kappa shape index (κ3) is 4.13. The lowest BCUT2D eigenvalue weighted by Crippen LogP contribution is -2.43. The van der Waals surface area contributed by atoms with E-state index in [2.05, 4.69) is 181 Å². The molecule has 0 radical (unpaired) electrons. The van der Waals surface area contributed by atoms with E-state index in [0.717, 1.165) is 56.0 Å². The van der Waals surface area contributed by atoms with Gasteiger partial charge >= 0.3 is 0 Å². The molecule has 1 unspecified atom stereocenters. The van der Waals surface area contributed by atoms with E-state index in [1.807, 2.05) is 36.4 Å². The average Bonchev–Trinajstić information content (AvgIpc) is 3.98. The summed E-state index contributed by atoms with van der Waals surface area (Å²) < 4.78 is 18.2. The van der Waals surface area contributed by atoms with Gasteiger partial charge < -0.3 is 4.57 Å². The minimum atomic E-state index is -3.25. The second-order valence-electron chi connectivity index (χ2n) is 17.5. The van der Waals surface area contributed by atoms with Crippen LogP contribution in [0, 0.1) is 0 Å². The lowest BCUT2D eigenvalue weighted by molar-refractivity contribution is 0.592. The second-order valence-corrected chi connectivity index (χ2v) is 20.2. The number of nitrogens with zero attached hydrogens (tertiary/aromatic N) is 2. The van der Waals surface area contributed by atoms with Gasteiger partial charge in [-0.1, -0.05) is 183 Å². The van der Waals surface area contributed by atoms with Crippen molar-refractivity contribution in [2.24, 2.45) is 0 Å². The first-order valence-electron chi connectivity index (χ1n) is 22.0. The van der Waals surface area contributed by atoms with Gasteiger partial charge in [0.2, 0.25) is 0 Å². The van der Waals surface area contributed by atoms with E-state index in [-0.39, 0.29) is 0 Å². The first-order chi connectivity index (χ1) is 31.1. The van der Waals surface area contributed by atoms with Crippen LogP contribution in [0.3, 0.4) is 0 Å². The number of rotatable bonds is 3. The molecule has 4 aliphatic rings. The fourth-order valence-corrected chi connectivity index (χ4v) is 15.5. The second kappa shape index (κ2) is 12.4. The summed E-state index contributed by atoms with van der Waals surface area (Å²) in [5.41, 5.74) is 19.6. The van der Waals surface area contributed by atoms with Crippen molar-refractivity contribution >= 4 is 34.1 Å². The Morgan fingerprint density at radius 2 is 0.921 bits per heavy atom. The normalized spacial score (nSPS) is 17.1. The van der Waals surface area contributed by atoms with Crippen LogP contribution in [-0.2, 0) is 21.8 Å². The lowest BCUT2D eigenvalue weighted by atomic mass is 9.52. The molecule has 4 heteroatoms. The van der Waals surface area contributed by atoms with Crippen LogP contribution in [-0.4, -0.2) is 9.55 Å². The fourth-order valence-electron chi connectivity index (χ4n) is 12.5. The number of hydrogen-bond donors (Lipinski definition) is 0. The Balaban J connectivity index is 1.05. The van der Waals surface area contributed by atoms with Gasteiger partial charge in [0, 0.05) is 22.3 Å². The van der Waals surface area contributed by atoms with Crippen molar-refractivity contribution in [3.8, 4) is 39.1 Å². The molecule has 0 saturated heterocycles. The summed E-state index contributed by atoms with van der Waals surface area (Å²) in [4.78, 5) is 5.13. The Hall–Kier alpha value is -7.32. The van der Waals surface area contributed by atoms with E-state index in [1.54, 1.807) is 0 Å². The molecule has 296 valence electrons. The Labute approximate surface area is 366 Å². The Morgan fingerprint density at radius 1 is 0.444 bits per heavy atom. The van der Waals surface area contributed by atoms with Gasteiger partial charge in [-0.15, -0.1) is 0 Å². The molecule has 9 aromatic carbocycles. The Morgan fingerprint density at radius 3 is 1.49 bits per heavy atom. The van der Waals surface area contributed by atoms with E-state index in [9.17, 15) is 0 Å². The van der Waals surface area contributed by atoms with Crippen molar-refractivity contribution in [2.75, 3.05) is 0 Å². The molecule has 14 rings (SSSR count). The van der Waals surface area contributed by atoms with Crippen LogP contribution >= 0.6 is 7.14 Å². The highest BCUT2D eigenvalue weighted by Crippen LogP contribution is 2.67. The topological polar surface area (TPSA) is 34.9 Å². The molecule has 0 saturated carbocycles. The van der Waals surface area contributed by atoms with Gasteiger partial charge in [-0.3, -0.25) is 4.57 Å². The third-order valence-corrected chi connectivity index (χ3v) is 18.0. The van der Waals surface area contributed by atoms with Crippen LogP contribution in [0.25, 0.3) is 50.1 Å². The number of benzene rings is 9. The predicted molar refractivity (Wildman–Crippen MR) is 257 cm³/mol. The predicted octanol–water partition coefficient (Wildman–Crippen LogP) is 12.2. The Bertz CT molecular complexity index is 3580. The summed E-state index contributed by atoms with van der Waals surface area (Å²) in [5.74, 6) is 0.970. The van der Waals surface area contributed by atoms with Crippen molar-refractivity contribution in [3.05, 3.63) is 257 Å². The van der Waals surface area contributed by atoms with E-state index in [4.69, 9.17) is 4.98 Å². The van der Waals surface area contributed by atoms with Crippen molar-refractivity contribution in [2.45, 2.75) is 24.2 Å². The summed E-state index contributed by atoms with van der Waals surface area (Å²) >= 11 is 0. The Kier molecular flexibility index (Phi) is 6.95. The summed E-state index contributed by atoms with van der Waals surface area (Å²) in [7, 11) is -3.25. The maximum absolute atomic E-state index is 15.9. The maximum atomic E-state index is 15.9. The summed E-state index contributed by atoms with van der Waals surface area (Å²) in [6.07, 6.45) is 0.752. The van der Waals surface area contributed by atoms with Crippen LogP contribution < -0.4 is 15.9 Å².